The fraction of sp³-hybridized carbons (Fsp3) is 0.462. The molecule has 0 aliphatic carbocycles. The van der Waals surface area contributed by atoms with Gasteiger partial charge in [-0.15, -0.1) is 0 Å². The maximum atomic E-state index is 11.9. The Kier molecular flexibility index (Phi) is 4.89. The van der Waals surface area contributed by atoms with Gasteiger partial charge >= 0.3 is 0 Å². The zero-order valence-electron chi connectivity index (χ0n) is 9.62. The van der Waals surface area contributed by atoms with Gasteiger partial charge in [0, 0.05) is 10.8 Å². The van der Waals surface area contributed by atoms with Crippen LogP contribution >= 0.6 is 11.8 Å². The van der Waals surface area contributed by atoms with Crippen molar-refractivity contribution in [1.82, 2.24) is 0 Å². The van der Waals surface area contributed by atoms with Crippen molar-refractivity contribution in [3.8, 4) is 0 Å². The van der Waals surface area contributed by atoms with E-state index in [1.54, 1.807) is 11.8 Å². The van der Waals surface area contributed by atoms with Crippen molar-refractivity contribution in [2.24, 2.45) is 0 Å². The Balaban J connectivity index is 2.58. The molecule has 1 unspecified atom stereocenters. The standard InChI is InChI=1S/C13H18OS/c1-4-11(3)15-9-13(14)12-8-6-5-7-10(12)2/h5-8,11H,4,9H2,1-3H3. The number of benzene rings is 1. The largest absolute Gasteiger partial charge is 0.293 e. The molecule has 0 saturated heterocycles. The number of Topliss-reactive ketones (excluding diaryl/α,β-unsaturated/α-hetero) is 1. The number of aryl methyl sites for hydroxylation is 1. The third kappa shape index (κ3) is 3.71. The normalized spacial score (nSPS) is 12.5. The number of ketones is 1. The summed E-state index contributed by atoms with van der Waals surface area (Å²) in [5.41, 5.74) is 1.94. The predicted molar refractivity (Wildman–Crippen MR) is 67.7 cm³/mol. The molecule has 1 rings (SSSR count). The van der Waals surface area contributed by atoms with E-state index in [0.29, 0.717) is 11.0 Å². The Morgan fingerprint density at radius 1 is 1.40 bits per heavy atom. The Labute approximate surface area is 96.3 Å². The Hall–Kier alpha value is -0.760. The van der Waals surface area contributed by atoms with Crippen LogP contribution in [0.2, 0.25) is 0 Å². The van der Waals surface area contributed by atoms with E-state index in [0.717, 1.165) is 17.5 Å². The molecule has 0 radical (unpaired) electrons. The van der Waals surface area contributed by atoms with Crippen LogP contribution in [-0.2, 0) is 0 Å². The van der Waals surface area contributed by atoms with Gasteiger partial charge in [-0.25, -0.2) is 0 Å². The highest BCUT2D eigenvalue weighted by atomic mass is 32.2. The van der Waals surface area contributed by atoms with Crippen LogP contribution in [0.3, 0.4) is 0 Å². The summed E-state index contributed by atoms with van der Waals surface area (Å²) in [6.45, 7) is 6.30. The Bertz CT molecular complexity index is 333. The minimum atomic E-state index is 0.249. The van der Waals surface area contributed by atoms with Gasteiger partial charge < -0.3 is 0 Å². The van der Waals surface area contributed by atoms with Gasteiger partial charge in [-0.2, -0.15) is 11.8 Å². The number of carbonyl (C=O) groups is 1. The maximum Gasteiger partial charge on any atom is 0.172 e. The first-order valence-electron chi connectivity index (χ1n) is 5.35. The summed E-state index contributed by atoms with van der Waals surface area (Å²) in [6.07, 6.45) is 1.12. The molecule has 0 N–H and O–H groups in total. The van der Waals surface area contributed by atoms with Crippen molar-refractivity contribution in [3.05, 3.63) is 35.4 Å². The molecule has 1 nitrogen and oxygen atoms in total. The Morgan fingerprint density at radius 3 is 2.67 bits per heavy atom. The SMILES string of the molecule is CCC(C)SCC(=O)c1ccccc1C. The van der Waals surface area contributed by atoms with Crippen LogP contribution in [0.15, 0.2) is 24.3 Å². The lowest BCUT2D eigenvalue weighted by Gasteiger charge is -2.08. The molecule has 0 aromatic heterocycles. The Morgan fingerprint density at radius 2 is 2.07 bits per heavy atom. The number of carbonyl (C=O) groups excluding carboxylic acids is 1. The van der Waals surface area contributed by atoms with E-state index in [4.69, 9.17) is 0 Å². The third-order valence-corrected chi connectivity index (χ3v) is 3.85. The molecule has 15 heavy (non-hydrogen) atoms. The summed E-state index contributed by atoms with van der Waals surface area (Å²) in [6, 6.07) is 7.79. The van der Waals surface area contributed by atoms with E-state index < -0.39 is 0 Å². The van der Waals surface area contributed by atoms with Crippen molar-refractivity contribution in [2.75, 3.05) is 5.75 Å². The lowest BCUT2D eigenvalue weighted by molar-refractivity contribution is 0.102. The number of hydrogen-bond acceptors (Lipinski definition) is 2. The molecule has 0 amide bonds. The van der Waals surface area contributed by atoms with Crippen molar-refractivity contribution in [2.45, 2.75) is 32.4 Å². The fourth-order valence-corrected chi connectivity index (χ4v) is 2.13. The van der Waals surface area contributed by atoms with Crippen LogP contribution in [0.5, 0.6) is 0 Å². The maximum absolute atomic E-state index is 11.9. The minimum absolute atomic E-state index is 0.249. The molecule has 0 heterocycles. The number of hydrogen-bond donors (Lipinski definition) is 0. The van der Waals surface area contributed by atoms with Crippen molar-refractivity contribution < 1.29 is 4.79 Å². The molecule has 0 saturated carbocycles. The first kappa shape index (κ1) is 12.3. The van der Waals surface area contributed by atoms with Crippen LogP contribution in [-0.4, -0.2) is 16.8 Å². The van der Waals surface area contributed by atoms with E-state index in [1.165, 1.54) is 0 Å². The van der Waals surface area contributed by atoms with Gasteiger partial charge in [0.15, 0.2) is 5.78 Å². The minimum Gasteiger partial charge on any atom is -0.293 e. The summed E-state index contributed by atoms with van der Waals surface area (Å²) < 4.78 is 0. The zero-order chi connectivity index (χ0) is 11.3. The molecule has 0 bridgehead atoms. The van der Waals surface area contributed by atoms with E-state index in [2.05, 4.69) is 13.8 Å². The second-order valence-electron chi connectivity index (χ2n) is 3.77. The monoisotopic (exact) mass is 222 g/mol. The van der Waals surface area contributed by atoms with Gasteiger partial charge in [-0.05, 0) is 18.9 Å². The third-order valence-electron chi connectivity index (χ3n) is 2.52. The molecule has 1 aromatic carbocycles. The topological polar surface area (TPSA) is 17.1 Å². The van der Waals surface area contributed by atoms with Gasteiger partial charge in [0.05, 0.1) is 5.75 Å². The average molecular weight is 222 g/mol. The highest BCUT2D eigenvalue weighted by Crippen LogP contribution is 2.17. The predicted octanol–water partition coefficient (Wildman–Crippen LogP) is 3.71. The van der Waals surface area contributed by atoms with Crippen LogP contribution in [0.1, 0.15) is 36.2 Å². The lowest BCUT2D eigenvalue weighted by atomic mass is 10.1. The van der Waals surface area contributed by atoms with Crippen molar-refractivity contribution >= 4 is 17.5 Å². The first-order chi connectivity index (χ1) is 7.15. The van der Waals surface area contributed by atoms with Gasteiger partial charge in [0.25, 0.3) is 0 Å². The van der Waals surface area contributed by atoms with Gasteiger partial charge in [0.2, 0.25) is 0 Å². The molecule has 0 spiro atoms. The van der Waals surface area contributed by atoms with Gasteiger partial charge in [0.1, 0.15) is 0 Å². The summed E-state index contributed by atoms with van der Waals surface area (Å²) in [7, 11) is 0. The molecule has 0 aliphatic heterocycles. The fourth-order valence-electron chi connectivity index (χ4n) is 1.30. The highest BCUT2D eigenvalue weighted by Gasteiger charge is 2.09. The van der Waals surface area contributed by atoms with E-state index in [9.17, 15) is 4.79 Å². The molecule has 0 aliphatic rings. The van der Waals surface area contributed by atoms with E-state index >= 15 is 0 Å². The van der Waals surface area contributed by atoms with Crippen LogP contribution < -0.4 is 0 Å². The molecule has 1 atom stereocenters. The molecule has 1 aromatic rings. The first-order valence-corrected chi connectivity index (χ1v) is 6.40. The summed E-state index contributed by atoms with van der Waals surface area (Å²) in [5, 5.41) is 0.568. The summed E-state index contributed by atoms with van der Waals surface area (Å²) in [4.78, 5) is 11.9. The van der Waals surface area contributed by atoms with E-state index in [1.807, 2.05) is 31.2 Å². The molecular formula is C13H18OS. The lowest BCUT2D eigenvalue weighted by Crippen LogP contribution is -2.07. The highest BCUT2D eigenvalue weighted by molar-refractivity contribution is 8.00. The van der Waals surface area contributed by atoms with Gasteiger partial charge in [-0.1, -0.05) is 38.1 Å². The second-order valence-corrected chi connectivity index (χ2v) is 5.19. The number of thioether (sulfide) groups is 1. The van der Waals surface area contributed by atoms with E-state index in [-0.39, 0.29) is 5.78 Å². The number of rotatable bonds is 5. The van der Waals surface area contributed by atoms with Crippen molar-refractivity contribution in [1.29, 1.82) is 0 Å². The van der Waals surface area contributed by atoms with Crippen LogP contribution in [0.25, 0.3) is 0 Å². The average Bonchev–Trinajstić information content (AvgIpc) is 2.26. The van der Waals surface area contributed by atoms with Crippen molar-refractivity contribution in [3.63, 3.8) is 0 Å². The molecule has 0 fully saturated rings. The van der Waals surface area contributed by atoms with Crippen LogP contribution in [0.4, 0.5) is 0 Å². The van der Waals surface area contributed by atoms with Gasteiger partial charge in [-0.3, -0.25) is 4.79 Å². The zero-order valence-corrected chi connectivity index (χ0v) is 10.4. The smallest absolute Gasteiger partial charge is 0.172 e. The second kappa shape index (κ2) is 5.96. The summed E-state index contributed by atoms with van der Waals surface area (Å²) >= 11 is 1.74. The quantitative estimate of drug-likeness (QED) is 0.706. The molecule has 2 heteroatoms. The summed E-state index contributed by atoms with van der Waals surface area (Å²) in [5.74, 6) is 0.846. The molecule has 82 valence electrons. The molecular weight excluding hydrogens is 204 g/mol. The van der Waals surface area contributed by atoms with Crippen LogP contribution in [0, 0.1) is 6.92 Å².